The summed E-state index contributed by atoms with van der Waals surface area (Å²) in [5.74, 6) is -0.620. The summed E-state index contributed by atoms with van der Waals surface area (Å²) in [6.07, 6.45) is -0.221. The Morgan fingerprint density at radius 3 is 2.62 bits per heavy atom. The van der Waals surface area contributed by atoms with Gasteiger partial charge in [0.1, 0.15) is 35.2 Å². The van der Waals surface area contributed by atoms with Gasteiger partial charge in [0.05, 0.1) is 23.2 Å². The van der Waals surface area contributed by atoms with Crippen LogP contribution in [0.2, 0.25) is 0 Å². The minimum Gasteiger partial charge on any atom is -0.487 e. The molecule has 2 aromatic heterocycles. The smallest absolute Gasteiger partial charge is 0.416 e. The summed E-state index contributed by atoms with van der Waals surface area (Å²) in [4.78, 5) is 20.3. The normalized spacial score (nSPS) is 11.7. The van der Waals surface area contributed by atoms with Gasteiger partial charge in [0.25, 0.3) is 5.91 Å². The van der Waals surface area contributed by atoms with Crippen molar-refractivity contribution < 1.29 is 31.1 Å². The summed E-state index contributed by atoms with van der Waals surface area (Å²) in [6, 6.07) is 8.82. The third kappa shape index (κ3) is 6.62. The molecule has 2 heterocycles. The number of amides is 1. The fourth-order valence-corrected chi connectivity index (χ4v) is 4.13. The lowest BCUT2D eigenvalue weighted by Crippen LogP contribution is -2.16. The third-order valence-electron chi connectivity index (χ3n) is 5.38. The van der Waals surface area contributed by atoms with E-state index in [9.17, 15) is 26.4 Å². The molecule has 0 aliphatic heterocycles. The highest BCUT2D eigenvalue weighted by Crippen LogP contribution is 2.35. The second kappa shape index (κ2) is 11.0. The summed E-state index contributed by atoms with van der Waals surface area (Å²) in [7, 11) is -3.73. The fourth-order valence-electron chi connectivity index (χ4n) is 3.48. The molecule has 39 heavy (non-hydrogen) atoms. The van der Waals surface area contributed by atoms with Crippen LogP contribution in [-0.4, -0.2) is 40.2 Å². The highest BCUT2D eigenvalue weighted by molar-refractivity contribution is 7.92. The van der Waals surface area contributed by atoms with Gasteiger partial charge in [0, 0.05) is 18.0 Å². The van der Waals surface area contributed by atoms with Crippen molar-refractivity contribution >= 4 is 33.3 Å². The molecule has 0 radical (unpaired) electrons. The SMILES string of the molecule is CCS(=O)(=O)Nc1ccc(-c2n[nH]c(Nc3cnccn3)c2C(N)=O)cc1OCc1cccc(C(F)(F)F)c1. The lowest BCUT2D eigenvalue weighted by atomic mass is 10.1. The number of hydrogen-bond acceptors (Lipinski definition) is 8. The van der Waals surface area contributed by atoms with Gasteiger partial charge in [-0.3, -0.25) is 19.6 Å². The molecule has 0 unspecified atom stereocenters. The number of nitrogens with one attached hydrogen (secondary N) is 3. The Labute approximate surface area is 220 Å². The molecule has 15 heteroatoms. The zero-order valence-electron chi connectivity index (χ0n) is 20.3. The number of sulfonamides is 1. The van der Waals surface area contributed by atoms with E-state index in [1.54, 1.807) is 0 Å². The number of hydrogen-bond donors (Lipinski definition) is 4. The van der Waals surface area contributed by atoms with Crippen LogP contribution in [0.1, 0.15) is 28.4 Å². The number of halogens is 3. The molecule has 0 saturated carbocycles. The van der Waals surface area contributed by atoms with Crippen LogP contribution in [0.5, 0.6) is 5.75 Å². The molecule has 0 saturated heterocycles. The van der Waals surface area contributed by atoms with Gasteiger partial charge in [-0.15, -0.1) is 0 Å². The maximum atomic E-state index is 13.1. The maximum Gasteiger partial charge on any atom is 0.416 e. The van der Waals surface area contributed by atoms with Gasteiger partial charge in [-0.25, -0.2) is 13.4 Å². The minimum absolute atomic E-state index is 0.0104. The van der Waals surface area contributed by atoms with Crippen LogP contribution < -0.4 is 20.5 Å². The van der Waals surface area contributed by atoms with Crippen LogP contribution in [0.15, 0.2) is 61.1 Å². The molecule has 4 aromatic rings. The summed E-state index contributed by atoms with van der Waals surface area (Å²) in [5.41, 5.74) is 5.41. The van der Waals surface area contributed by atoms with Crippen molar-refractivity contribution in [2.45, 2.75) is 19.7 Å². The average molecular weight is 562 g/mol. The van der Waals surface area contributed by atoms with Gasteiger partial charge in [-0.05, 0) is 36.8 Å². The Morgan fingerprint density at radius 1 is 1.15 bits per heavy atom. The van der Waals surface area contributed by atoms with E-state index in [4.69, 9.17) is 10.5 Å². The Hall–Kier alpha value is -4.66. The Bertz CT molecular complexity index is 1590. The van der Waals surface area contributed by atoms with E-state index in [1.807, 2.05) is 0 Å². The molecule has 0 fully saturated rings. The maximum absolute atomic E-state index is 13.1. The molecule has 11 nitrogen and oxygen atoms in total. The van der Waals surface area contributed by atoms with Crippen LogP contribution in [0, 0.1) is 0 Å². The second-order valence-corrected chi connectivity index (χ2v) is 10.1. The molecule has 0 spiro atoms. The number of rotatable bonds is 10. The molecule has 1 amide bonds. The monoisotopic (exact) mass is 561 g/mol. The van der Waals surface area contributed by atoms with Crippen LogP contribution in [0.3, 0.4) is 0 Å². The average Bonchev–Trinajstić information content (AvgIpc) is 3.32. The molecule has 0 bridgehead atoms. The van der Waals surface area contributed by atoms with E-state index >= 15 is 0 Å². The highest BCUT2D eigenvalue weighted by Gasteiger charge is 2.30. The van der Waals surface area contributed by atoms with Crippen molar-refractivity contribution in [2.75, 3.05) is 15.8 Å². The van der Waals surface area contributed by atoms with E-state index in [0.29, 0.717) is 11.4 Å². The summed E-state index contributed by atoms with van der Waals surface area (Å²) < 4.78 is 72.0. The number of nitrogens with zero attached hydrogens (tertiary/aromatic N) is 3. The number of aromatic amines is 1. The van der Waals surface area contributed by atoms with Crippen LogP contribution in [-0.2, 0) is 22.8 Å². The van der Waals surface area contributed by atoms with E-state index in [1.165, 1.54) is 55.8 Å². The topological polar surface area (TPSA) is 165 Å². The number of aromatic nitrogens is 4. The number of anilines is 3. The van der Waals surface area contributed by atoms with Gasteiger partial charge in [-0.1, -0.05) is 18.2 Å². The Balaban J connectivity index is 1.71. The van der Waals surface area contributed by atoms with Crippen LogP contribution >= 0.6 is 0 Å². The first-order valence-corrected chi connectivity index (χ1v) is 13.0. The zero-order chi connectivity index (χ0) is 28.2. The number of benzene rings is 2. The van der Waals surface area contributed by atoms with Gasteiger partial charge in [0.15, 0.2) is 0 Å². The van der Waals surface area contributed by atoms with Gasteiger partial charge in [0.2, 0.25) is 10.0 Å². The number of carbonyl (C=O) groups excluding carboxylic acids is 1. The molecule has 5 N–H and O–H groups in total. The lowest BCUT2D eigenvalue weighted by Gasteiger charge is -2.15. The first-order valence-electron chi connectivity index (χ1n) is 11.3. The zero-order valence-corrected chi connectivity index (χ0v) is 21.1. The molecule has 0 atom stereocenters. The molecule has 0 aliphatic rings. The van der Waals surface area contributed by atoms with Gasteiger partial charge >= 0.3 is 6.18 Å². The first kappa shape index (κ1) is 27.4. The minimum atomic E-state index is -4.54. The van der Waals surface area contributed by atoms with Crippen LogP contribution in [0.4, 0.5) is 30.5 Å². The van der Waals surface area contributed by atoms with E-state index in [-0.39, 0.29) is 46.4 Å². The van der Waals surface area contributed by atoms with Crippen molar-refractivity contribution in [3.63, 3.8) is 0 Å². The molecule has 2 aromatic carbocycles. The van der Waals surface area contributed by atoms with E-state index < -0.39 is 27.7 Å². The number of primary amides is 1. The van der Waals surface area contributed by atoms with Crippen molar-refractivity contribution in [1.82, 2.24) is 20.2 Å². The fraction of sp³-hybridized carbons (Fsp3) is 0.167. The number of ether oxygens (including phenoxy) is 1. The van der Waals surface area contributed by atoms with Gasteiger partial charge in [-0.2, -0.15) is 18.3 Å². The molecular formula is C24H22F3N7O4S. The van der Waals surface area contributed by atoms with E-state index in [2.05, 4.69) is 30.2 Å². The number of alkyl halides is 3. The van der Waals surface area contributed by atoms with Crippen molar-refractivity contribution in [3.8, 4) is 17.0 Å². The quantitative estimate of drug-likeness (QED) is 0.225. The molecular weight excluding hydrogens is 539 g/mol. The molecule has 0 aliphatic carbocycles. The van der Waals surface area contributed by atoms with Crippen molar-refractivity contribution in [1.29, 1.82) is 0 Å². The summed E-state index contributed by atoms with van der Waals surface area (Å²) in [5, 5.41) is 9.71. The number of carbonyl (C=O) groups is 1. The number of nitrogens with two attached hydrogens (primary N) is 1. The standard InChI is InChI=1S/C24H22F3N7O4S/c1-2-39(36,37)34-17-7-6-15(11-18(17)38-13-14-4-3-5-16(10-14)24(25,26)27)21-20(22(28)35)23(33-32-21)31-19-12-29-8-9-30-19/h3-12,34H,2,13H2,1H3,(H2,28,35)(H2,30,31,32,33). The highest BCUT2D eigenvalue weighted by atomic mass is 32.2. The predicted octanol–water partition coefficient (Wildman–Crippen LogP) is 4.07. The lowest BCUT2D eigenvalue weighted by molar-refractivity contribution is -0.137. The predicted molar refractivity (Wildman–Crippen MR) is 137 cm³/mol. The van der Waals surface area contributed by atoms with Crippen molar-refractivity contribution in [2.24, 2.45) is 5.73 Å². The molecule has 4 rings (SSSR count). The largest absolute Gasteiger partial charge is 0.487 e. The summed E-state index contributed by atoms with van der Waals surface area (Å²) in [6.45, 7) is 1.13. The van der Waals surface area contributed by atoms with Gasteiger partial charge < -0.3 is 15.8 Å². The summed E-state index contributed by atoms with van der Waals surface area (Å²) >= 11 is 0. The van der Waals surface area contributed by atoms with Crippen LogP contribution in [0.25, 0.3) is 11.3 Å². The Morgan fingerprint density at radius 2 is 1.95 bits per heavy atom. The third-order valence-corrected chi connectivity index (χ3v) is 6.67. The Kier molecular flexibility index (Phi) is 7.71. The number of H-pyrrole nitrogens is 1. The second-order valence-electron chi connectivity index (χ2n) is 8.11. The molecule has 204 valence electrons. The van der Waals surface area contributed by atoms with Crippen molar-refractivity contribution in [3.05, 3.63) is 77.7 Å². The first-order chi connectivity index (χ1) is 18.5. The van der Waals surface area contributed by atoms with E-state index in [0.717, 1.165) is 12.1 Å².